The highest BCUT2D eigenvalue weighted by molar-refractivity contribution is 5.76. The lowest BCUT2D eigenvalue weighted by Crippen LogP contribution is -2.21. The van der Waals surface area contributed by atoms with Gasteiger partial charge in [-0.2, -0.15) is 10.5 Å². The van der Waals surface area contributed by atoms with Gasteiger partial charge in [-0.25, -0.2) is 0 Å². The van der Waals surface area contributed by atoms with Crippen molar-refractivity contribution in [1.29, 1.82) is 5.26 Å². The molecule has 0 radical (unpaired) electrons. The Labute approximate surface area is 133 Å². The quantitative estimate of drug-likeness (QED) is 0.775. The first-order valence-electron chi connectivity index (χ1n) is 7.00. The van der Waals surface area contributed by atoms with Crippen molar-refractivity contribution in [3.05, 3.63) is 41.9 Å². The van der Waals surface area contributed by atoms with Gasteiger partial charge in [-0.15, -0.1) is 10.2 Å². The third kappa shape index (κ3) is 4.64. The van der Waals surface area contributed by atoms with Gasteiger partial charge in [0.25, 0.3) is 0 Å². The van der Waals surface area contributed by atoms with Crippen LogP contribution < -0.4 is 5.32 Å². The molecule has 118 valence electrons. The van der Waals surface area contributed by atoms with Crippen LogP contribution in [-0.2, 0) is 11.2 Å². The molecule has 0 aliphatic carbocycles. The Bertz CT molecular complexity index is 711. The summed E-state index contributed by atoms with van der Waals surface area (Å²) in [5, 5.41) is 25.3. The first-order valence-corrected chi connectivity index (χ1v) is 7.00. The van der Waals surface area contributed by atoms with E-state index in [1.165, 1.54) is 6.20 Å². The van der Waals surface area contributed by atoms with Gasteiger partial charge in [0.05, 0.1) is 0 Å². The molecule has 2 N–H and O–H groups in total. The molecule has 0 unspecified atom stereocenters. The van der Waals surface area contributed by atoms with Gasteiger partial charge in [0, 0.05) is 32.4 Å². The number of carbonyl (C=O) groups is 1. The minimum Gasteiger partial charge on any atom is -0.360 e. The minimum atomic E-state index is 0.105. The lowest BCUT2D eigenvalue weighted by molar-refractivity contribution is -0.128. The average Bonchev–Trinajstić information content (AvgIpc) is 3.08. The second-order valence-electron chi connectivity index (χ2n) is 5.03. The molecule has 8 nitrogen and oxygen atoms in total. The van der Waals surface area contributed by atoms with Gasteiger partial charge in [0.2, 0.25) is 11.7 Å². The molecule has 1 aromatic carbocycles. The predicted octanol–water partition coefficient (Wildman–Crippen LogP) is 1.20. The third-order valence-corrected chi connectivity index (χ3v) is 3.17. The zero-order valence-corrected chi connectivity index (χ0v) is 12.9. The number of nitrogens with zero attached hydrogens (tertiary/aromatic N) is 5. The molecule has 8 heteroatoms. The number of H-pyrrole nitrogens is 1. The van der Waals surface area contributed by atoms with E-state index in [1.807, 2.05) is 30.3 Å². The third-order valence-electron chi connectivity index (χ3n) is 3.17. The number of carbonyl (C=O) groups excluding carboxylic acids is 1. The molecule has 0 aliphatic rings. The van der Waals surface area contributed by atoms with Crippen LogP contribution in [0, 0.1) is 11.3 Å². The van der Waals surface area contributed by atoms with E-state index in [9.17, 15) is 4.79 Å². The number of anilines is 1. The minimum absolute atomic E-state index is 0.105. The Hall–Kier alpha value is -3.21. The summed E-state index contributed by atoms with van der Waals surface area (Å²) in [5.74, 6) is 0.340. The maximum absolute atomic E-state index is 11.6. The maximum atomic E-state index is 11.6. The average molecular weight is 311 g/mol. The number of aryl methyl sites for hydroxylation is 1. The first-order chi connectivity index (χ1) is 11.1. The molecule has 0 saturated carbocycles. The molecular weight excluding hydrogens is 294 g/mol. The Morgan fingerprint density at radius 3 is 2.70 bits per heavy atom. The largest absolute Gasteiger partial charge is 0.360 e. The molecule has 2 rings (SSSR count). The molecule has 1 aromatic heterocycles. The number of nitrogens with one attached hydrogen (secondary N) is 2. The fraction of sp³-hybridized carbons (Fsp3) is 0.267. The summed E-state index contributed by atoms with van der Waals surface area (Å²) >= 11 is 0. The summed E-state index contributed by atoms with van der Waals surface area (Å²) in [7, 11) is 3.50. The van der Waals surface area contributed by atoms with Gasteiger partial charge in [0.1, 0.15) is 11.6 Å². The Kier molecular flexibility index (Phi) is 5.41. The fourth-order valence-electron chi connectivity index (χ4n) is 1.82. The van der Waals surface area contributed by atoms with Crippen LogP contribution in [0.25, 0.3) is 5.57 Å². The molecule has 0 atom stereocenters. The maximum Gasteiger partial charge on any atom is 0.222 e. The van der Waals surface area contributed by atoms with E-state index in [2.05, 4.69) is 25.9 Å². The SMILES string of the molecule is CN(C)C(=O)CCc1ccc(NC=C(C#N)c2nn[nH]n2)cc1. The van der Waals surface area contributed by atoms with Crippen molar-refractivity contribution in [2.45, 2.75) is 12.8 Å². The van der Waals surface area contributed by atoms with Crippen LogP contribution in [0.3, 0.4) is 0 Å². The number of aromatic nitrogens is 4. The monoisotopic (exact) mass is 311 g/mol. The smallest absolute Gasteiger partial charge is 0.222 e. The van der Waals surface area contributed by atoms with Crippen molar-refractivity contribution in [2.24, 2.45) is 0 Å². The van der Waals surface area contributed by atoms with Crippen molar-refractivity contribution >= 4 is 17.2 Å². The summed E-state index contributed by atoms with van der Waals surface area (Å²) < 4.78 is 0. The number of hydrogen-bond acceptors (Lipinski definition) is 6. The van der Waals surface area contributed by atoms with Gasteiger partial charge in [0.15, 0.2) is 0 Å². The normalized spacial score (nSPS) is 10.9. The lowest BCUT2D eigenvalue weighted by atomic mass is 10.1. The van der Waals surface area contributed by atoms with Crippen LogP contribution in [0.15, 0.2) is 30.5 Å². The number of benzene rings is 1. The van der Waals surface area contributed by atoms with Crippen LogP contribution in [0.1, 0.15) is 17.8 Å². The number of amides is 1. The van der Waals surface area contributed by atoms with Crippen molar-refractivity contribution in [3.63, 3.8) is 0 Å². The van der Waals surface area contributed by atoms with Crippen molar-refractivity contribution in [2.75, 3.05) is 19.4 Å². The van der Waals surface area contributed by atoms with E-state index in [-0.39, 0.29) is 17.3 Å². The van der Waals surface area contributed by atoms with Gasteiger partial charge in [-0.3, -0.25) is 4.79 Å². The topological polar surface area (TPSA) is 111 Å². The Morgan fingerprint density at radius 1 is 1.39 bits per heavy atom. The van der Waals surface area contributed by atoms with Crippen LogP contribution in [0.4, 0.5) is 5.69 Å². The zero-order chi connectivity index (χ0) is 16.7. The lowest BCUT2D eigenvalue weighted by Gasteiger charge is -2.10. The summed E-state index contributed by atoms with van der Waals surface area (Å²) in [6, 6.07) is 9.66. The summed E-state index contributed by atoms with van der Waals surface area (Å²) in [5.41, 5.74) is 2.18. The number of aromatic amines is 1. The summed E-state index contributed by atoms with van der Waals surface area (Å²) in [6.45, 7) is 0. The predicted molar refractivity (Wildman–Crippen MR) is 84.8 cm³/mol. The number of hydrogen-bond donors (Lipinski definition) is 2. The van der Waals surface area contributed by atoms with E-state index >= 15 is 0 Å². The summed E-state index contributed by atoms with van der Waals surface area (Å²) in [4.78, 5) is 13.1. The Morgan fingerprint density at radius 2 is 2.13 bits per heavy atom. The number of allylic oxidation sites excluding steroid dienone is 1. The van der Waals surface area contributed by atoms with E-state index < -0.39 is 0 Å². The highest BCUT2D eigenvalue weighted by atomic mass is 16.2. The highest BCUT2D eigenvalue weighted by Gasteiger charge is 2.06. The molecule has 0 fully saturated rings. The zero-order valence-electron chi connectivity index (χ0n) is 12.9. The molecule has 1 amide bonds. The van der Waals surface area contributed by atoms with E-state index in [4.69, 9.17) is 5.26 Å². The number of tetrazole rings is 1. The van der Waals surface area contributed by atoms with Crippen molar-refractivity contribution in [1.82, 2.24) is 25.5 Å². The van der Waals surface area contributed by atoms with Crippen molar-refractivity contribution in [3.8, 4) is 6.07 Å². The number of nitriles is 1. The van der Waals surface area contributed by atoms with Crippen LogP contribution in [-0.4, -0.2) is 45.5 Å². The molecule has 2 aromatic rings. The number of rotatable bonds is 6. The summed E-state index contributed by atoms with van der Waals surface area (Å²) in [6.07, 6.45) is 2.70. The Balaban J connectivity index is 1.95. The molecule has 0 saturated heterocycles. The molecule has 0 aliphatic heterocycles. The molecule has 1 heterocycles. The van der Waals surface area contributed by atoms with Gasteiger partial charge in [-0.05, 0) is 29.3 Å². The van der Waals surface area contributed by atoms with E-state index in [0.717, 1.165) is 11.3 Å². The van der Waals surface area contributed by atoms with Crippen LogP contribution in [0.5, 0.6) is 0 Å². The van der Waals surface area contributed by atoms with Crippen molar-refractivity contribution < 1.29 is 4.79 Å². The second-order valence-corrected chi connectivity index (χ2v) is 5.03. The molecule has 0 spiro atoms. The van der Waals surface area contributed by atoms with E-state index in [0.29, 0.717) is 12.8 Å². The standard InChI is InChI=1S/C15H17N7O/c1-22(2)14(23)8-5-11-3-6-13(7-4-11)17-10-12(9-16)15-18-20-21-19-15/h3-4,6-7,10,17H,5,8H2,1-2H3,(H,18,19,20,21). The fourth-order valence-corrected chi connectivity index (χ4v) is 1.82. The van der Waals surface area contributed by atoms with Gasteiger partial charge >= 0.3 is 0 Å². The van der Waals surface area contributed by atoms with Crippen LogP contribution >= 0.6 is 0 Å². The van der Waals surface area contributed by atoms with E-state index in [1.54, 1.807) is 19.0 Å². The highest BCUT2D eigenvalue weighted by Crippen LogP contribution is 2.13. The molecular formula is C15H17N7O. The van der Waals surface area contributed by atoms with Gasteiger partial charge < -0.3 is 10.2 Å². The second kappa shape index (κ2) is 7.70. The van der Waals surface area contributed by atoms with Crippen LogP contribution in [0.2, 0.25) is 0 Å². The first kappa shape index (κ1) is 16.2. The molecule has 23 heavy (non-hydrogen) atoms. The van der Waals surface area contributed by atoms with Gasteiger partial charge in [-0.1, -0.05) is 12.1 Å². The molecule has 0 bridgehead atoms.